The molecule has 0 aliphatic rings. The largest absolute Gasteiger partial charge is 0.480 e. The normalized spacial score (nSPS) is 12.3. The van der Waals surface area contributed by atoms with Gasteiger partial charge in [0.1, 0.15) is 11.6 Å². The minimum absolute atomic E-state index is 0.162. The van der Waals surface area contributed by atoms with Crippen LogP contribution in [0.5, 0.6) is 0 Å². The second-order valence-electron chi connectivity index (χ2n) is 6.94. The Morgan fingerprint density at radius 1 is 1.04 bits per heavy atom. The molecule has 0 spiro atoms. The molecule has 2 rings (SSSR count). The van der Waals surface area contributed by atoms with E-state index >= 15 is 0 Å². The Labute approximate surface area is 157 Å². The summed E-state index contributed by atoms with van der Waals surface area (Å²) < 4.78 is 5.12. The fourth-order valence-corrected chi connectivity index (χ4v) is 2.49. The number of carboxylic acids is 1. The zero-order valence-electron chi connectivity index (χ0n) is 15.0. The van der Waals surface area contributed by atoms with E-state index in [-0.39, 0.29) is 6.42 Å². The number of ether oxygens (including phenoxy) is 1. The average Bonchev–Trinajstić information content (AvgIpc) is 2.54. The van der Waals surface area contributed by atoms with E-state index in [9.17, 15) is 14.7 Å². The molecule has 0 saturated heterocycles. The molecule has 1 amide bonds. The number of carbonyl (C=O) groups is 2. The van der Waals surface area contributed by atoms with Crippen LogP contribution >= 0.6 is 11.6 Å². The predicted molar refractivity (Wildman–Crippen MR) is 101 cm³/mol. The summed E-state index contributed by atoms with van der Waals surface area (Å²) >= 11 is 5.89. The van der Waals surface area contributed by atoms with Gasteiger partial charge in [0, 0.05) is 11.4 Å². The van der Waals surface area contributed by atoms with Crippen LogP contribution in [0.15, 0.2) is 48.5 Å². The molecule has 0 heterocycles. The van der Waals surface area contributed by atoms with Gasteiger partial charge < -0.3 is 15.2 Å². The number of rotatable bonds is 5. The number of alkyl carbamates (subject to hydrolysis) is 1. The van der Waals surface area contributed by atoms with Gasteiger partial charge in [0.2, 0.25) is 0 Å². The van der Waals surface area contributed by atoms with Gasteiger partial charge in [0.15, 0.2) is 0 Å². The Morgan fingerprint density at radius 2 is 1.54 bits per heavy atom. The summed E-state index contributed by atoms with van der Waals surface area (Å²) in [5.74, 6) is -1.11. The van der Waals surface area contributed by atoms with E-state index in [1.54, 1.807) is 20.8 Å². The Kier molecular flexibility index (Phi) is 6.27. The zero-order chi connectivity index (χ0) is 19.3. The Balaban J connectivity index is 2.06. The van der Waals surface area contributed by atoms with E-state index in [1.807, 2.05) is 48.5 Å². The third-order valence-electron chi connectivity index (χ3n) is 3.56. The maximum absolute atomic E-state index is 11.8. The number of carbonyl (C=O) groups excluding carboxylic acids is 1. The van der Waals surface area contributed by atoms with E-state index in [4.69, 9.17) is 16.3 Å². The van der Waals surface area contributed by atoms with Gasteiger partial charge in [-0.05, 0) is 49.6 Å². The second kappa shape index (κ2) is 8.23. The summed E-state index contributed by atoms with van der Waals surface area (Å²) in [6, 6.07) is 13.9. The van der Waals surface area contributed by atoms with Gasteiger partial charge >= 0.3 is 12.1 Å². The first-order valence-electron chi connectivity index (χ1n) is 8.21. The highest BCUT2D eigenvalue weighted by molar-refractivity contribution is 6.30. The summed E-state index contributed by atoms with van der Waals surface area (Å²) in [6.45, 7) is 5.16. The van der Waals surface area contributed by atoms with Gasteiger partial charge in [0.25, 0.3) is 0 Å². The molecule has 0 aliphatic carbocycles. The SMILES string of the molecule is CC(C)(C)OC(=O)N[C@@H](Cc1ccc(-c2ccc(Cl)cc2)cc1)C(=O)O. The minimum atomic E-state index is -1.11. The van der Waals surface area contributed by atoms with Crippen LogP contribution in [-0.4, -0.2) is 28.8 Å². The number of benzene rings is 2. The number of carboxylic acid groups (broad SMARTS) is 1. The maximum Gasteiger partial charge on any atom is 0.408 e. The van der Waals surface area contributed by atoms with Crippen molar-refractivity contribution in [1.29, 1.82) is 0 Å². The van der Waals surface area contributed by atoms with Crippen molar-refractivity contribution in [2.75, 3.05) is 0 Å². The molecule has 0 unspecified atom stereocenters. The molecular formula is C20H22ClNO4. The van der Waals surface area contributed by atoms with E-state index in [0.29, 0.717) is 5.02 Å². The minimum Gasteiger partial charge on any atom is -0.480 e. The number of hydrogen-bond donors (Lipinski definition) is 2. The number of nitrogens with one attached hydrogen (secondary N) is 1. The number of halogens is 1. The lowest BCUT2D eigenvalue weighted by molar-refractivity contribution is -0.139. The van der Waals surface area contributed by atoms with Crippen molar-refractivity contribution < 1.29 is 19.4 Å². The van der Waals surface area contributed by atoms with Gasteiger partial charge in [-0.1, -0.05) is 48.0 Å². The molecule has 2 aromatic rings. The monoisotopic (exact) mass is 375 g/mol. The van der Waals surface area contributed by atoms with E-state index in [2.05, 4.69) is 5.32 Å². The van der Waals surface area contributed by atoms with Crippen LogP contribution in [0.2, 0.25) is 5.02 Å². The predicted octanol–water partition coefficient (Wildman–Crippen LogP) is 4.53. The van der Waals surface area contributed by atoms with Gasteiger partial charge in [-0.15, -0.1) is 0 Å². The third kappa shape index (κ3) is 6.08. The summed E-state index contributed by atoms with van der Waals surface area (Å²) in [5, 5.41) is 12.4. The number of aliphatic carboxylic acids is 1. The molecule has 0 bridgehead atoms. The molecule has 5 nitrogen and oxygen atoms in total. The zero-order valence-corrected chi connectivity index (χ0v) is 15.7. The maximum atomic E-state index is 11.8. The molecule has 2 N–H and O–H groups in total. The quantitative estimate of drug-likeness (QED) is 0.805. The first-order chi connectivity index (χ1) is 12.1. The van der Waals surface area contributed by atoms with Crippen molar-refractivity contribution in [2.45, 2.75) is 38.8 Å². The van der Waals surface area contributed by atoms with Gasteiger partial charge in [-0.3, -0.25) is 0 Å². The second-order valence-corrected chi connectivity index (χ2v) is 7.38. The molecule has 0 aliphatic heterocycles. The van der Waals surface area contributed by atoms with E-state index < -0.39 is 23.7 Å². The lowest BCUT2D eigenvalue weighted by Crippen LogP contribution is -2.44. The molecular weight excluding hydrogens is 354 g/mol. The molecule has 0 fully saturated rings. The highest BCUT2D eigenvalue weighted by Gasteiger charge is 2.24. The van der Waals surface area contributed by atoms with Crippen LogP contribution in [0.3, 0.4) is 0 Å². The van der Waals surface area contributed by atoms with Crippen molar-refractivity contribution in [3.8, 4) is 11.1 Å². The molecule has 0 saturated carbocycles. The molecule has 26 heavy (non-hydrogen) atoms. The van der Waals surface area contributed by atoms with Crippen molar-refractivity contribution in [3.05, 3.63) is 59.1 Å². The third-order valence-corrected chi connectivity index (χ3v) is 3.81. The van der Waals surface area contributed by atoms with Gasteiger partial charge in [-0.2, -0.15) is 0 Å². The molecule has 2 aromatic carbocycles. The molecule has 138 valence electrons. The van der Waals surface area contributed by atoms with Gasteiger partial charge in [0.05, 0.1) is 0 Å². The number of hydrogen-bond acceptors (Lipinski definition) is 3. The molecule has 1 atom stereocenters. The first-order valence-corrected chi connectivity index (χ1v) is 8.59. The fourth-order valence-electron chi connectivity index (χ4n) is 2.36. The summed E-state index contributed by atoms with van der Waals surface area (Å²) in [4.78, 5) is 23.3. The Bertz CT molecular complexity index is 764. The highest BCUT2D eigenvalue weighted by atomic mass is 35.5. The summed E-state index contributed by atoms with van der Waals surface area (Å²) in [7, 11) is 0. The molecule has 0 aromatic heterocycles. The molecule has 0 radical (unpaired) electrons. The lowest BCUT2D eigenvalue weighted by Gasteiger charge is -2.22. The highest BCUT2D eigenvalue weighted by Crippen LogP contribution is 2.22. The van der Waals surface area contributed by atoms with Crippen LogP contribution in [0.25, 0.3) is 11.1 Å². The summed E-state index contributed by atoms with van der Waals surface area (Å²) in [6.07, 6.45) is -0.585. The lowest BCUT2D eigenvalue weighted by atomic mass is 10.0. The van der Waals surface area contributed by atoms with Crippen LogP contribution in [-0.2, 0) is 16.0 Å². The topological polar surface area (TPSA) is 75.6 Å². The Morgan fingerprint density at radius 3 is 2.00 bits per heavy atom. The van der Waals surface area contributed by atoms with Crippen molar-refractivity contribution in [3.63, 3.8) is 0 Å². The Hall–Kier alpha value is -2.53. The smallest absolute Gasteiger partial charge is 0.408 e. The van der Waals surface area contributed by atoms with Crippen LogP contribution in [0.1, 0.15) is 26.3 Å². The van der Waals surface area contributed by atoms with Crippen molar-refractivity contribution >= 4 is 23.7 Å². The fraction of sp³-hybridized carbons (Fsp3) is 0.300. The van der Waals surface area contributed by atoms with Crippen LogP contribution < -0.4 is 5.32 Å². The summed E-state index contributed by atoms with van der Waals surface area (Å²) in [5.41, 5.74) is 2.12. The number of amides is 1. The average molecular weight is 376 g/mol. The molecule has 6 heteroatoms. The van der Waals surface area contributed by atoms with E-state index in [0.717, 1.165) is 16.7 Å². The van der Waals surface area contributed by atoms with E-state index in [1.165, 1.54) is 0 Å². The standard InChI is InChI=1S/C20H22ClNO4/c1-20(2,3)26-19(25)22-17(18(23)24)12-13-4-6-14(7-5-13)15-8-10-16(21)11-9-15/h4-11,17H,12H2,1-3H3,(H,22,25)(H,23,24)/t17-/m0/s1. The van der Waals surface area contributed by atoms with Crippen LogP contribution in [0.4, 0.5) is 4.79 Å². The first kappa shape index (κ1) is 19.8. The van der Waals surface area contributed by atoms with Crippen LogP contribution in [0, 0.1) is 0 Å². The van der Waals surface area contributed by atoms with Crippen molar-refractivity contribution in [2.24, 2.45) is 0 Å². The van der Waals surface area contributed by atoms with Crippen molar-refractivity contribution in [1.82, 2.24) is 5.32 Å². The van der Waals surface area contributed by atoms with Gasteiger partial charge in [-0.25, -0.2) is 9.59 Å².